The Morgan fingerprint density at radius 1 is 1.00 bits per heavy atom. The van der Waals surface area contributed by atoms with Crippen molar-refractivity contribution in [2.75, 3.05) is 52.1 Å². The number of carbonyl (C=O) groups excluding carboxylic acids is 1. The quantitative estimate of drug-likeness (QED) is 0.767. The largest absolute Gasteiger partial charge is 0.340 e. The summed E-state index contributed by atoms with van der Waals surface area (Å²) < 4.78 is 26.8. The van der Waals surface area contributed by atoms with Gasteiger partial charge in [-0.15, -0.1) is 0 Å². The maximum absolute atomic E-state index is 12.7. The van der Waals surface area contributed by atoms with E-state index in [0.717, 1.165) is 31.7 Å². The van der Waals surface area contributed by atoms with Crippen LogP contribution in [0, 0.1) is 5.92 Å². The first-order chi connectivity index (χ1) is 12.5. The molecule has 1 aromatic rings. The number of hydrogen-bond acceptors (Lipinski definition) is 4. The fourth-order valence-corrected chi connectivity index (χ4v) is 5.21. The Bertz CT molecular complexity index is 692. The van der Waals surface area contributed by atoms with Gasteiger partial charge in [-0.2, -0.15) is 0 Å². The molecule has 3 rings (SSSR count). The summed E-state index contributed by atoms with van der Waals surface area (Å²) in [5.41, 5.74) is 1.04. The molecule has 6 nitrogen and oxygen atoms in total. The summed E-state index contributed by atoms with van der Waals surface area (Å²) in [4.78, 5) is 16.8. The Labute approximate surface area is 156 Å². The van der Waals surface area contributed by atoms with Crippen molar-refractivity contribution in [2.24, 2.45) is 5.92 Å². The van der Waals surface area contributed by atoms with Crippen molar-refractivity contribution in [1.82, 2.24) is 14.1 Å². The fraction of sp³-hybridized carbons (Fsp3) is 0.632. The fourth-order valence-electron chi connectivity index (χ4n) is 3.69. The molecule has 2 heterocycles. The minimum Gasteiger partial charge on any atom is -0.340 e. The number of aryl methyl sites for hydroxylation is 1. The molecule has 2 saturated heterocycles. The van der Waals surface area contributed by atoms with Gasteiger partial charge in [-0.25, -0.2) is 12.7 Å². The second kappa shape index (κ2) is 8.50. The van der Waals surface area contributed by atoms with Gasteiger partial charge in [0.25, 0.3) is 0 Å². The number of sulfonamides is 1. The van der Waals surface area contributed by atoms with Gasteiger partial charge in [0.1, 0.15) is 0 Å². The highest BCUT2D eigenvalue weighted by atomic mass is 32.2. The number of piperidine rings is 1. The lowest BCUT2D eigenvalue weighted by molar-refractivity contribution is -0.138. The Hall–Kier alpha value is -1.44. The number of nitrogens with zero attached hydrogens (tertiary/aromatic N) is 3. The Morgan fingerprint density at radius 3 is 2.23 bits per heavy atom. The lowest BCUT2D eigenvalue weighted by Gasteiger charge is -2.37. The van der Waals surface area contributed by atoms with E-state index in [2.05, 4.69) is 11.9 Å². The van der Waals surface area contributed by atoms with Crippen molar-refractivity contribution < 1.29 is 13.2 Å². The van der Waals surface area contributed by atoms with Gasteiger partial charge in [0, 0.05) is 45.2 Å². The van der Waals surface area contributed by atoms with E-state index in [1.54, 1.807) is 4.31 Å². The molecule has 0 unspecified atom stereocenters. The van der Waals surface area contributed by atoms with Crippen LogP contribution in [0.3, 0.4) is 0 Å². The van der Waals surface area contributed by atoms with Crippen LogP contribution < -0.4 is 0 Å². The highest BCUT2D eigenvalue weighted by Gasteiger charge is 2.33. The summed E-state index contributed by atoms with van der Waals surface area (Å²) in [6.07, 6.45) is 1.80. The third-order valence-electron chi connectivity index (χ3n) is 5.50. The summed E-state index contributed by atoms with van der Waals surface area (Å²) in [6, 6.07) is 9.70. The standard InChI is InChI=1S/C19H29N3O3S/c1-20-12-14-21(15-13-20)19(23)18-7-10-22(11-8-18)26(24,25)16-9-17-5-3-2-4-6-17/h2-6,18H,7-16H2,1H3. The summed E-state index contributed by atoms with van der Waals surface area (Å²) in [6.45, 7) is 4.31. The van der Waals surface area contributed by atoms with Crippen molar-refractivity contribution in [3.8, 4) is 0 Å². The molecule has 144 valence electrons. The van der Waals surface area contributed by atoms with E-state index < -0.39 is 10.0 Å². The van der Waals surface area contributed by atoms with Crippen molar-refractivity contribution in [1.29, 1.82) is 0 Å². The molecule has 0 spiro atoms. The van der Waals surface area contributed by atoms with Crippen LogP contribution in [0.4, 0.5) is 0 Å². The number of rotatable bonds is 5. The monoisotopic (exact) mass is 379 g/mol. The topological polar surface area (TPSA) is 60.9 Å². The lowest BCUT2D eigenvalue weighted by atomic mass is 9.96. The van der Waals surface area contributed by atoms with Crippen LogP contribution >= 0.6 is 0 Å². The summed E-state index contributed by atoms with van der Waals surface area (Å²) >= 11 is 0. The van der Waals surface area contributed by atoms with Gasteiger partial charge >= 0.3 is 0 Å². The zero-order chi connectivity index (χ0) is 18.6. The van der Waals surface area contributed by atoms with E-state index in [1.165, 1.54) is 0 Å². The zero-order valence-corrected chi connectivity index (χ0v) is 16.3. The van der Waals surface area contributed by atoms with Crippen LogP contribution in [0.1, 0.15) is 18.4 Å². The molecule has 0 bridgehead atoms. The maximum atomic E-state index is 12.7. The molecular formula is C19H29N3O3S. The highest BCUT2D eigenvalue weighted by molar-refractivity contribution is 7.89. The normalized spacial score (nSPS) is 21.0. The smallest absolute Gasteiger partial charge is 0.225 e. The van der Waals surface area contributed by atoms with E-state index >= 15 is 0 Å². The van der Waals surface area contributed by atoms with Crippen molar-refractivity contribution in [3.05, 3.63) is 35.9 Å². The summed E-state index contributed by atoms with van der Waals surface area (Å²) in [5, 5.41) is 0. The maximum Gasteiger partial charge on any atom is 0.225 e. The van der Waals surface area contributed by atoms with E-state index in [9.17, 15) is 13.2 Å². The molecule has 2 aliphatic rings. The highest BCUT2D eigenvalue weighted by Crippen LogP contribution is 2.23. The zero-order valence-electron chi connectivity index (χ0n) is 15.5. The van der Waals surface area contributed by atoms with E-state index in [4.69, 9.17) is 0 Å². The number of carbonyl (C=O) groups is 1. The molecule has 0 atom stereocenters. The van der Waals surface area contributed by atoms with Crippen molar-refractivity contribution >= 4 is 15.9 Å². The molecular weight excluding hydrogens is 350 g/mol. The average molecular weight is 380 g/mol. The number of benzene rings is 1. The van der Waals surface area contributed by atoms with Gasteiger partial charge in [-0.3, -0.25) is 4.79 Å². The van der Waals surface area contributed by atoms with Crippen LogP contribution in [0.25, 0.3) is 0 Å². The average Bonchev–Trinajstić information content (AvgIpc) is 2.67. The first-order valence-corrected chi connectivity index (χ1v) is 11.1. The number of amides is 1. The Kier molecular flexibility index (Phi) is 6.32. The summed E-state index contributed by atoms with van der Waals surface area (Å²) in [5.74, 6) is 0.312. The second-order valence-corrected chi connectivity index (χ2v) is 9.44. The van der Waals surface area contributed by atoms with Crippen LogP contribution in [0.15, 0.2) is 30.3 Å². The molecule has 0 radical (unpaired) electrons. The first kappa shape index (κ1) is 19.3. The number of piperazine rings is 1. The molecule has 2 fully saturated rings. The molecule has 0 aliphatic carbocycles. The van der Waals surface area contributed by atoms with Crippen LogP contribution in [-0.4, -0.2) is 80.5 Å². The van der Waals surface area contributed by atoms with Crippen molar-refractivity contribution in [2.45, 2.75) is 19.3 Å². The third kappa shape index (κ3) is 4.84. The van der Waals surface area contributed by atoms with E-state index in [1.807, 2.05) is 35.2 Å². The minimum absolute atomic E-state index is 0.0287. The van der Waals surface area contributed by atoms with Gasteiger partial charge in [-0.05, 0) is 31.9 Å². The second-order valence-electron chi connectivity index (χ2n) is 7.35. The van der Waals surface area contributed by atoms with Crippen LogP contribution in [0.2, 0.25) is 0 Å². The lowest BCUT2D eigenvalue weighted by Crippen LogP contribution is -2.51. The Morgan fingerprint density at radius 2 is 1.62 bits per heavy atom. The SMILES string of the molecule is CN1CCN(C(=O)C2CCN(S(=O)(=O)CCc3ccccc3)CC2)CC1. The Balaban J connectivity index is 1.48. The van der Waals surface area contributed by atoms with E-state index in [0.29, 0.717) is 32.4 Å². The molecule has 1 amide bonds. The predicted molar refractivity (Wildman–Crippen MR) is 102 cm³/mol. The first-order valence-electron chi connectivity index (χ1n) is 9.45. The van der Waals surface area contributed by atoms with Crippen LogP contribution in [-0.2, 0) is 21.2 Å². The number of likely N-dealkylation sites (N-methyl/N-ethyl adjacent to an activating group) is 1. The summed E-state index contributed by atoms with van der Waals surface area (Å²) in [7, 11) is -1.19. The van der Waals surface area contributed by atoms with Gasteiger partial charge in [0.2, 0.25) is 15.9 Å². The predicted octanol–water partition coefficient (Wildman–Crippen LogP) is 1.04. The molecule has 2 aliphatic heterocycles. The molecule has 0 aromatic heterocycles. The minimum atomic E-state index is -3.26. The third-order valence-corrected chi connectivity index (χ3v) is 7.37. The molecule has 0 N–H and O–H groups in total. The van der Waals surface area contributed by atoms with Gasteiger partial charge in [-0.1, -0.05) is 30.3 Å². The molecule has 0 saturated carbocycles. The molecule has 26 heavy (non-hydrogen) atoms. The molecule has 7 heteroatoms. The van der Waals surface area contributed by atoms with Crippen LogP contribution in [0.5, 0.6) is 0 Å². The number of hydrogen-bond donors (Lipinski definition) is 0. The van der Waals surface area contributed by atoms with Gasteiger partial charge < -0.3 is 9.80 Å². The van der Waals surface area contributed by atoms with Gasteiger partial charge in [0.15, 0.2) is 0 Å². The van der Waals surface area contributed by atoms with Gasteiger partial charge in [0.05, 0.1) is 5.75 Å². The molecule has 1 aromatic carbocycles. The van der Waals surface area contributed by atoms with Crippen molar-refractivity contribution in [3.63, 3.8) is 0 Å². The van der Waals surface area contributed by atoms with E-state index in [-0.39, 0.29) is 17.6 Å².